The summed E-state index contributed by atoms with van der Waals surface area (Å²) in [6.45, 7) is 7.99. The van der Waals surface area contributed by atoms with Crippen LogP contribution in [0, 0.1) is 11.8 Å². The number of carbonyl (C=O) groups excluding carboxylic acids is 1. The third kappa shape index (κ3) is 4.31. The quantitative estimate of drug-likeness (QED) is 0.514. The molecule has 1 saturated carbocycles. The molecule has 1 unspecified atom stereocenters. The number of aromatic amines is 1. The maximum atomic E-state index is 13.0. The lowest BCUT2D eigenvalue weighted by Crippen LogP contribution is -2.58. The molecule has 2 aliphatic carbocycles. The number of carbonyl (C=O) groups is 1. The second-order valence-corrected chi connectivity index (χ2v) is 11.2. The summed E-state index contributed by atoms with van der Waals surface area (Å²) in [6.07, 6.45) is 9.68. The number of hydrogen-bond acceptors (Lipinski definition) is 3. The summed E-state index contributed by atoms with van der Waals surface area (Å²) in [5.74, 6) is 1.59. The van der Waals surface area contributed by atoms with Gasteiger partial charge < -0.3 is 5.32 Å². The van der Waals surface area contributed by atoms with Gasteiger partial charge >= 0.3 is 0 Å². The summed E-state index contributed by atoms with van der Waals surface area (Å²) in [5.41, 5.74) is 7.26. The van der Waals surface area contributed by atoms with Crippen LogP contribution in [-0.2, 0) is 18.3 Å². The van der Waals surface area contributed by atoms with E-state index < -0.39 is 0 Å². The fourth-order valence-electron chi connectivity index (χ4n) is 6.40. The Labute approximate surface area is 208 Å². The van der Waals surface area contributed by atoms with Gasteiger partial charge in [-0.2, -0.15) is 5.10 Å². The van der Waals surface area contributed by atoms with E-state index in [-0.39, 0.29) is 11.3 Å². The number of H-pyrrole nitrogens is 1. The van der Waals surface area contributed by atoms with Crippen LogP contribution in [0.25, 0.3) is 11.1 Å². The zero-order chi connectivity index (χ0) is 24.0. The molecule has 1 amide bonds. The minimum absolute atomic E-state index is 0.0346. The number of amides is 1. The zero-order valence-corrected chi connectivity index (χ0v) is 20.9. The van der Waals surface area contributed by atoms with Gasteiger partial charge in [0.05, 0.1) is 6.20 Å². The average molecular weight is 469 g/mol. The molecule has 1 saturated heterocycles. The lowest BCUT2D eigenvalue weighted by atomic mass is 9.59. The Balaban J connectivity index is 1.10. The molecule has 35 heavy (non-hydrogen) atoms. The highest BCUT2D eigenvalue weighted by molar-refractivity contribution is 5.94. The Morgan fingerprint density at radius 2 is 2.00 bits per heavy atom. The first-order valence-electron chi connectivity index (χ1n) is 13.2. The number of nitrogens with one attached hydrogen (secondary N) is 2. The highest BCUT2D eigenvalue weighted by Crippen LogP contribution is 2.49. The Morgan fingerprint density at radius 1 is 1.17 bits per heavy atom. The Kier molecular flexibility index (Phi) is 5.76. The topological polar surface area (TPSA) is 61.0 Å². The normalized spacial score (nSPS) is 25.8. The van der Waals surface area contributed by atoms with Crippen molar-refractivity contribution in [3.05, 3.63) is 77.1 Å². The van der Waals surface area contributed by atoms with Crippen molar-refractivity contribution in [3.63, 3.8) is 0 Å². The number of nitrogens with zero attached hydrogens (tertiary/aromatic N) is 2. The van der Waals surface area contributed by atoms with Crippen molar-refractivity contribution in [1.82, 2.24) is 20.4 Å². The highest BCUT2D eigenvalue weighted by atomic mass is 16.1. The number of fused-ring (bicyclic) bond motifs is 4. The molecule has 5 nitrogen and oxygen atoms in total. The van der Waals surface area contributed by atoms with E-state index in [2.05, 4.69) is 70.7 Å². The van der Waals surface area contributed by atoms with Crippen molar-refractivity contribution in [3.8, 4) is 11.1 Å². The van der Waals surface area contributed by atoms with E-state index in [0.717, 1.165) is 35.4 Å². The van der Waals surface area contributed by atoms with Crippen molar-refractivity contribution in [1.29, 1.82) is 0 Å². The fraction of sp³-hybridized carbons (Fsp3) is 0.467. The van der Waals surface area contributed by atoms with Gasteiger partial charge in [-0.05, 0) is 90.3 Å². The summed E-state index contributed by atoms with van der Waals surface area (Å²) in [4.78, 5) is 15.8. The van der Waals surface area contributed by atoms with Crippen molar-refractivity contribution >= 4 is 5.91 Å². The minimum Gasteiger partial charge on any atom is -0.352 e. The number of likely N-dealkylation sites (tertiary alicyclic amines) is 1. The van der Waals surface area contributed by atoms with Crippen molar-refractivity contribution < 1.29 is 4.79 Å². The molecular formula is C30H36N4O. The van der Waals surface area contributed by atoms with E-state index in [1.165, 1.54) is 49.0 Å². The largest absolute Gasteiger partial charge is 0.352 e. The molecule has 2 N–H and O–H groups in total. The van der Waals surface area contributed by atoms with E-state index in [1.807, 2.05) is 18.5 Å². The Morgan fingerprint density at radius 3 is 2.74 bits per heavy atom. The SMILES string of the molecule is CC1[C@H]2Cc3ccc(C(=O)NCCc4ccc(-c5cn[nH]c5)cc4)cc3[C@@]1(C)CCN2CC1CC1. The second kappa shape index (κ2) is 8.94. The molecule has 1 aliphatic heterocycles. The monoisotopic (exact) mass is 468 g/mol. The number of benzene rings is 2. The number of piperidine rings is 1. The maximum absolute atomic E-state index is 13.0. The lowest BCUT2D eigenvalue weighted by molar-refractivity contribution is 0.0284. The smallest absolute Gasteiger partial charge is 0.251 e. The molecule has 0 spiro atoms. The molecule has 2 aromatic carbocycles. The number of rotatable bonds is 7. The molecule has 2 fully saturated rings. The van der Waals surface area contributed by atoms with Crippen LogP contribution in [0.5, 0.6) is 0 Å². The van der Waals surface area contributed by atoms with Crippen LogP contribution in [0.15, 0.2) is 54.9 Å². The number of aromatic nitrogens is 2. The molecule has 3 aliphatic rings. The zero-order valence-electron chi connectivity index (χ0n) is 20.9. The van der Waals surface area contributed by atoms with E-state index >= 15 is 0 Å². The highest BCUT2D eigenvalue weighted by Gasteiger charge is 2.49. The molecule has 5 heteroatoms. The van der Waals surface area contributed by atoms with Crippen LogP contribution in [0.1, 0.15) is 60.2 Å². The first-order valence-corrected chi connectivity index (χ1v) is 13.2. The van der Waals surface area contributed by atoms with Gasteiger partial charge in [0.1, 0.15) is 0 Å². The third-order valence-electron chi connectivity index (χ3n) is 9.06. The van der Waals surface area contributed by atoms with Gasteiger partial charge in [0.15, 0.2) is 0 Å². The third-order valence-corrected chi connectivity index (χ3v) is 9.06. The minimum atomic E-state index is 0.0346. The van der Waals surface area contributed by atoms with Crippen molar-refractivity contribution in [2.45, 2.75) is 57.4 Å². The summed E-state index contributed by atoms with van der Waals surface area (Å²) in [6, 6.07) is 15.6. The standard InChI is InChI=1S/C30H36N4O/c1-20-28-16-24-9-10-25(15-27(24)30(20,2)12-14-34(28)19-22-3-4-22)29(35)31-13-11-21-5-7-23(8-6-21)26-17-32-33-18-26/h5-10,15,17-18,20,22,28H,3-4,11-14,16,19H2,1-2H3,(H,31,35)(H,32,33)/t20?,28-,30+/m1/s1. The first kappa shape index (κ1) is 22.5. The predicted octanol–water partition coefficient (Wildman–Crippen LogP) is 4.98. The summed E-state index contributed by atoms with van der Waals surface area (Å²) < 4.78 is 0. The van der Waals surface area contributed by atoms with E-state index in [0.29, 0.717) is 18.5 Å². The van der Waals surface area contributed by atoms with Gasteiger partial charge in [-0.25, -0.2) is 0 Å². The van der Waals surface area contributed by atoms with Gasteiger partial charge in [-0.1, -0.05) is 44.2 Å². The van der Waals surface area contributed by atoms with Crippen LogP contribution in [-0.4, -0.2) is 46.7 Å². The predicted molar refractivity (Wildman–Crippen MR) is 139 cm³/mol. The Hall–Kier alpha value is -2.92. The van der Waals surface area contributed by atoms with Crippen molar-refractivity contribution in [2.24, 2.45) is 11.8 Å². The fourth-order valence-corrected chi connectivity index (χ4v) is 6.40. The molecular weight excluding hydrogens is 432 g/mol. The molecule has 1 aromatic heterocycles. The van der Waals surface area contributed by atoms with E-state index in [9.17, 15) is 4.79 Å². The van der Waals surface area contributed by atoms with Gasteiger partial charge in [-0.3, -0.25) is 14.8 Å². The summed E-state index contributed by atoms with van der Waals surface area (Å²) in [7, 11) is 0. The van der Waals surface area contributed by atoms with Crippen LogP contribution in [0.2, 0.25) is 0 Å². The van der Waals surface area contributed by atoms with E-state index in [1.54, 1.807) is 0 Å². The molecule has 3 aromatic rings. The van der Waals surface area contributed by atoms with Crippen LogP contribution in [0.3, 0.4) is 0 Å². The summed E-state index contributed by atoms with van der Waals surface area (Å²) in [5, 5.41) is 10.0. The van der Waals surface area contributed by atoms with Crippen molar-refractivity contribution in [2.75, 3.05) is 19.6 Å². The van der Waals surface area contributed by atoms with E-state index in [4.69, 9.17) is 0 Å². The van der Waals surface area contributed by atoms with Gasteiger partial charge in [0, 0.05) is 36.5 Å². The molecule has 3 atom stereocenters. The van der Waals surface area contributed by atoms with Crippen LogP contribution in [0.4, 0.5) is 0 Å². The van der Waals surface area contributed by atoms with Gasteiger partial charge in [-0.15, -0.1) is 0 Å². The molecule has 0 radical (unpaired) electrons. The summed E-state index contributed by atoms with van der Waals surface area (Å²) >= 11 is 0. The second-order valence-electron chi connectivity index (χ2n) is 11.2. The lowest BCUT2D eigenvalue weighted by Gasteiger charge is -2.55. The molecule has 6 rings (SSSR count). The molecule has 2 heterocycles. The molecule has 2 bridgehead atoms. The number of hydrogen-bond donors (Lipinski definition) is 2. The average Bonchev–Trinajstić information content (AvgIpc) is 3.52. The van der Waals surface area contributed by atoms with Gasteiger partial charge in [0.2, 0.25) is 0 Å². The van der Waals surface area contributed by atoms with Gasteiger partial charge in [0.25, 0.3) is 5.91 Å². The van der Waals surface area contributed by atoms with Crippen LogP contribution < -0.4 is 5.32 Å². The first-order chi connectivity index (χ1) is 17.0. The molecule has 182 valence electrons. The maximum Gasteiger partial charge on any atom is 0.251 e. The Bertz CT molecular complexity index is 1200. The van der Waals surface area contributed by atoms with Crippen LogP contribution >= 0.6 is 0 Å².